The lowest BCUT2D eigenvalue weighted by atomic mass is 9.85. The van der Waals surface area contributed by atoms with Crippen LogP contribution in [0.5, 0.6) is 0 Å². The molecule has 1 spiro atoms. The highest BCUT2D eigenvalue weighted by molar-refractivity contribution is 9.10. The first-order chi connectivity index (χ1) is 10.5. The second-order valence-corrected chi connectivity index (χ2v) is 8.02. The Morgan fingerprint density at radius 3 is 2.18 bits per heavy atom. The Morgan fingerprint density at radius 1 is 1.09 bits per heavy atom. The first kappa shape index (κ1) is 13.1. The molecular weight excluding hydrogens is 342 g/mol. The van der Waals surface area contributed by atoms with Crippen LogP contribution in [0.1, 0.15) is 18.4 Å². The number of carbonyl (C=O) groups is 2. The normalized spacial score (nSPS) is 36.5. The number of rotatable bonds is 1. The Morgan fingerprint density at radius 2 is 1.68 bits per heavy atom. The van der Waals surface area contributed by atoms with Gasteiger partial charge in [0.2, 0.25) is 11.8 Å². The molecule has 5 rings (SSSR count). The zero-order valence-corrected chi connectivity index (χ0v) is 13.8. The highest BCUT2D eigenvalue weighted by Gasteiger charge is 2.73. The van der Waals surface area contributed by atoms with Gasteiger partial charge in [0.15, 0.2) is 0 Å². The Labute approximate surface area is 137 Å². The Balaban J connectivity index is 1.57. The molecule has 4 atom stereocenters. The minimum absolute atomic E-state index is 0.00822. The standard InChI is InChI=1S/C18H16BrNO2/c1-9-2-3-10(8-13(9)19)20-16(21)14-11-4-5-12(15(14)17(20)22)18(11)6-7-18/h2-5,8,11-12,14-15H,6-7H2,1H3/t11-,12-,14-,15-/m0/s1. The van der Waals surface area contributed by atoms with Gasteiger partial charge in [0.25, 0.3) is 0 Å². The van der Waals surface area contributed by atoms with Gasteiger partial charge in [0, 0.05) is 4.47 Å². The molecule has 3 fully saturated rings. The van der Waals surface area contributed by atoms with Gasteiger partial charge < -0.3 is 0 Å². The Hall–Kier alpha value is -1.42. The third-order valence-corrected chi connectivity index (χ3v) is 7.12. The predicted molar refractivity (Wildman–Crippen MR) is 86.1 cm³/mol. The fraction of sp³-hybridized carbons (Fsp3) is 0.444. The van der Waals surface area contributed by atoms with E-state index in [1.807, 2.05) is 25.1 Å². The minimum Gasteiger partial charge on any atom is -0.274 e. The molecule has 2 bridgehead atoms. The lowest BCUT2D eigenvalue weighted by Gasteiger charge is -2.22. The summed E-state index contributed by atoms with van der Waals surface area (Å²) in [4.78, 5) is 27.3. The van der Waals surface area contributed by atoms with Crippen LogP contribution in [-0.4, -0.2) is 11.8 Å². The van der Waals surface area contributed by atoms with E-state index in [9.17, 15) is 9.59 Å². The lowest BCUT2D eigenvalue weighted by molar-refractivity contribution is -0.123. The predicted octanol–water partition coefficient (Wildman–Crippen LogP) is 3.46. The van der Waals surface area contributed by atoms with E-state index in [-0.39, 0.29) is 40.9 Å². The monoisotopic (exact) mass is 357 g/mol. The zero-order chi connectivity index (χ0) is 15.2. The molecule has 0 radical (unpaired) electrons. The summed E-state index contributed by atoms with van der Waals surface area (Å²) >= 11 is 3.50. The average Bonchev–Trinajstić information content (AvgIpc) is 3.08. The van der Waals surface area contributed by atoms with Crippen LogP contribution in [-0.2, 0) is 9.59 Å². The molecule has 3 aliphatic carbocycles. The molecule has 1 aromatic carbocycles. The molecule has 4 heteroatoms. The summed E-state index contributed by atoms with van der Waals surface area (Å²) in [6.45, 7) is 2.00. The number of hydrogen-bond acceptors (Lipinski definition) is 2. The summed E-state index contributed by atoms with van der Waals surface area (Å²) in [5.41, 5.74) is 2.06. The highest BCUT2D eigenvalue weighted by atomic mass is 79.9. The molecule has 4 aliphatic rings. The third kappa shape index (κ3) is 1.34. The number of imide groups is 1. The van der Waals surface area contributed by atoms with Crippen molar-refractivity contribution in [3.8, 4) is 0 Å². The van der Waals surface area contributed by atoms with E-state index in [1.54, 1.807) is 0 Å². The minimum atomic E-state index is -0.120. The number of allylic oxidation sites excluding steroid dienone is 2. The largest absolute Gasteiger partial charge is 0.274 e. The first-order valence-corrected chi connectivity index (χ1v) is 8.66. The molecule has 112 valence electrons. The van der Waals surface area contributed by atoms with Gasteiger partial charge >= 0.3 is 0 Å². The maximum Gasteiger partial charge on any atom is 0.238 e. The van der Waals surface area contributed by atoms with Crippen LogP contribution in [0.25, 0.3) is 0 Å². The molecule has 2 saturated carbocycles. The molecule has 1 heterocycles. The quantitative estimate of drug-likeness (QED) is 0.570. The second-order valence-electron chi connectivity index (χ2n) is 7.17. The third-order valence-electron chi connectivity index (χ3n) is 6.27. The van der Waals surface area contributed by atoms with Crippen LogP contribution in [0, 0.1) is 36.0 Å². The van der Waals surface area contributed by atoms with E-state index in [0.717, 1.165) is 10.0 Å². The molecule has 22 heavy (non-hydrogen) atoms. The first-order valence-electron chi connectivity index (χ1n) is 7.87. The van der Waals surface area contributed by atoms with Crippen LogP contribution >= 0.6 is 15.9 Å². The SMILES string of the molecule is Cc1ccc(N2C(=O)[C@@H]3[C@@H](C2=O)[C@@H]2C=C[C@@H]3C23CC3)cc1Br. The highest BCUT2D eigenvalue weighted by Crippen LogP contribution is 2.73. The van der Waals surface area contributed by atoms with Gasteiger partial charge in [-0.3, -0.25) is 9.59 Å². The summed E-state index contributed by atoms with van der Waals surface area (Å²) in [6, 6.07) is 5.71. The van der Waals surface area contributed by atoms with Gasteiger partial charge in [-0.15, -0.1) is 0 Å². The number of aryl methyl sites for hydroxylation is 1. The van der Waals surface area contributed by atoms with Gasteiger partial charge in [0.1, 0.15) is 0 Å². The smallest absolute Gasteiger partial charge is 0.238 e. The molecule has 0 aromatic heterocycles. The van der Waals surface area contributed by atoms with Crippen LogP contribution in [0.15, 0.2) is 34.8 Å². The lowest BCUT2D eigenvalue weighted by Crippen LogP contribution is -2.34. The van der Waals surface area contributed by atoms with E-state index >= 15 is 0 Å². The molecule has 3 nitrogen and oxygen atoms in total. The number of carbonyl (C=O) groups excluding carboxylic acids is 2. The van der Waals surface area contributed by atoms with E-state index < -0.39 is 0 Å². The molecular formula is C18H16BrNO2. The van der Waals surface area contributed by atoms with Crippen LogP contribution < -0.4 is 4.90 Å². The number of amides is 2. The van der Waals surface area contributed by atoms with Gasteiger partial charge in [0.05, 0.1) is 17.5 Å². The number of nitrogens with zero attached hydrogens (tertiary/aromatic N) is 1. The average molecular weight is 358 g/mol. The number of hydrogen-bond donors (Lipinski definition) is 0. The number of halogens is 1. The number of benzene rings is 1. The van der Waals surface area contributed by atoms with E-state index in [1.165, 1.54) is 17.7 Å². The van der Waals surface area contributed by atoms with Crippen LogP contribution in [0.3, 0.4) is 0 Å². The van der Waals surface area contributed by atoms with Crippen molar-refractivity contribution in [3.05, 3.63) is 40.4 Å². The zero-order valence-electron chi connectivity index (χ0n) is 12.3. The molecule has 0 N–H and O–H groups in total. The van der Waals surface area contributed by atoms with Crippen molar-refractivity contribution >= 4 is 33.4 Å². The molecule has 0 unspecified atom stereocenters. The fourth-order valence-corrected chi connectivity index (χ4v) is 5.42. The van der Waals surface area contributed by atoms with Crippen molar-refractivity contribution in [2.24, 2.45) is 29.1 Å². The molecule has 1 aliphatic heterocycles. The van der Waals surface area contributed by atoms with E-state index in [4.69, 9.17) is 0 Å². The maximum atomic E-state index is 13.0. The van der Waals surface area contributed by atoms with E-state index in [0.29, 0.717) is 5.69 Å². The topological polar surface area (TPSA) is 37.4 Å². The molecule has 1 aromatic rings. The fourth-order valence-electron chi connectivity index (χ4n) is 5.05. The van der Waals surface area contributed by atoms with Crippen LogP contribution in [0.2, 0.25) is 0 Å². The van der Waals surface area contributed by atoms with Crippen molar-refractivity contribution < 1.29 is 9.59 Å². The van der Waals surface area contributed by atoms with Crippen molar-refractivity contribution in [3.63, 3.8) is 0 Å². The summed E-state index contributed by atoms with van der Waals surface area (Å²) in [6.07, 6.45) is 6.77. The summed E-state index contributed by atoms with van der Waals surface area (Å²) in [7, 11) is 0. The molecule has 1 saturated heterocycles. The maximum absolute atomic E-state index is 13.0. The van der Waals surface area contributed by atoms with Crippen molar-refractivity contribution in [1.82, 2.24) is 0 Å². The number of fused-ring (bicyclic) bond motifs is 3. The van der Waals surface area contributed by atoms with Gasteiger partial charge in [-0.05, 0) is 54.7 Å². The summed E-state index contributed by atoms with van der Waals surface area (Å²) in [5, 5.41) is 0. The summed E-state index contributed by atoms with van der Waals surface area (Å²) < 4.78 is 0.933. The Kier molecular flexibility index (Phi) is 2.32. The van der Waals surface area contributed by atoms with Gasteiger partial charge in [-0.25, -0.2) is 4.90 Å². The summed E-state index contributed by atoms with van der Waals surface area (Å²) in [5.74, 6) is 0.355. The Bertz CT molecular complexity index is 730. The van der Waals surface area contributed by atoms with Gasteiger partial charge in [-0.1, -0.05) is 34.1 Å². The van der Waals surface area contributed by atoms with Crippen molar-refractivity contribution in [1.29, 1.82) is 0 Å². The van der Waals surface area contributed by atoms with Crippen LogP contribution in [0.4, 0.5) is 5.69 Å². The van der Waals surface area contributed by atoms with Crippen molar-refractivity contribution in [2.45, 2.75) is 19.8 Å². The van der Waals surface area contributed by atoms with Gasteiger partial charge in [-0.2, -0.15) is 0 Å². The second kappa shape index (κ2) is 3.91. The van der Waals surface area contributed by atoms with E-state index in [2.05, 4.69) is 28.1 Å². The molecule has 2 amide bonds. The van der Waals surface area contributed by atoms with Crippen molar-refractivity contribution in [2.75, 3.05) is 4.90 Å². The number of anilines is 1.